The maximum atomic E-state index is 2.53. The van der Waals surface area contributed by atoms with E-state index in [9.17, 15) is 0 Å². The first-order valence-corrected chi connectivity index (χ1v) is 21.2. The fraction of sp³-hybridized carbons (Fsp3) is 0. The lowest BCUT2D eigenvalue weighted by atomic mass is 9.96. The first kappa shape index (κ1) is 35.6. The van der Waals surface area contributed by atoms with Crippen LogP contribution in [0.25, 0.3) is 48.9 Å². The lowest BCUT2D eigenvalue weighted by Crippen LogP contribution is -2.11. The Labute approximate surface area is 360 Å². The molecule has 10 aromatic carbocycles. The van der Waals surface area contributed by atoms with E-state index in [1.54, 1.807) is 0 Å². The van der Waals surface area contributed by atoms with Gasteiger partial charge in [0.05, 0.1) is 22.2 Å². The molecule has 2 heterocycles. The molecule has 0 fully saturated rings. The summed E-state index contributed by atoms with van der Waals surface area (Å²) in [6, 6.07) is 87.6. The number of hydrogen-bond acceptors (Lipinski definition) is 3. The van der Waals surface area contributed by atoms with Crippen LogP contribution < -0.4 is 14.7 Å². The number of rotatable bonds is 9. The summed E-state index contributed by atoms with van der Waals surface area (Å²) in [5.41, 5.74) is 13.5. The van der Waals surface area contributed by atoms with Crippen LogP contribution in [0.5, 0.6) is 0 Å². The van der Waals surface area contributed by atoms with E-state index >= 15 is 0 Å². The first-order chi connectivity index (χ1) is 30.8. The largest absolute Gasteiger partial charge is 0.310 e. The van der Waals surface area contributed by atoms with Gasteiger partial charge in [0.15, 0.2) is 0 Å². The molecule has 0 atom stereocenters. The third kappa shape index (κ3) is 5.76. The van der Waals surface area contributed by atoms with Crippen molar-refractivity contribution in [1.82, 2.24) is 4.40 Å². The van der Waals surface area contributed by atoms with E-state index in [0.29, 0.717) is 0 Å². The van der Waals surface area contributed by atoms with Gasteiger partial charge in [0.25, 0.3) is 0 Å². The lowest BCUT2D eigenvalue weighted by molar-refractivity contribution is 1.27. The normalized spacial score (nSPS) is 11.5. The van der Waals surface area contributed by atoms with Crippen LogP contribution in [-0.4, -0.2) is 4.40 Å². The SMILES string of the molecule is c1ccc(N(c2ccccc2)c2cc3c4cccc5c(N(c6ccccc6)c6ccccc6)ccc(c54)n4c5cc(N(c6ccccc6)c6ccccc6)ccc5c(c2)c34)cc1. The van der Waals surface area contributed by atoms with Gasteiger partial charge >= 0.3 is 0 Å². The Balaban J connectivity index is 1.21. The fourth-order valence-corrected chi connectivity index (χ4v) is 9.60. The summed E-state index contributed by atoms with van der Waals surface area (Å²) in [7, 11) is 0. The van der Waals surface area contributed by atoms with Gasteiger partial charge in [-0.2, -0.15) is 0 Å². The van der Waals surface area contributed by atoms with Crippen LogP contribution in [0.15, 0.2) is 243 Å². The number of aromatic nitrogens is 1. The number of nitrogens with zero attached hydrogens (tertiary/aromatic N) is 4. The minimum atomic E-state index is 1.09. The smallest absolute Gasteiger partial charge is 0.0621 e. The molecule has 4 heteroatoms. The summed E-state index contributed by atoms with van der Waals surface area (Å²) < 4.78 is 2.53. The summed E-state index contributed by atoms with van der Waals surface area (Å²) in [5, 5.41) is 7.26. The van der Waals surface area contributed by atoms with Gasteiger partial charge in [-0.15, -0.1) is 0 Å². The Bertz CT molecular complexity index is 3380. The number of benzene rings is 10. The zero-order valence-electron chi connectivity index (χ0n) is 33.9. The van der Waals surface area contributed by atoms with Crippen molar-refractivity contribution in [2.45, 2.75) is 0 Å². The highest BCUT2D eigenvalue weighted by atomic mass is 15.2. The summed E-state index contributed by atoms with van der Waals surface area (Å²) in [4.78, 5) is 7.13. The predicted octanol–water partition coefficient (Wildman–Crippen LogP) is 16.4. The molecule has 4 nitrogen and oxygen atoms in total. The Kier molecular flexibility index (Phi) is 8.46. The number of fused-ring (bicyclic) bond motifs is 5. The lowest BCUT2D eigenvalue weighted by Gasteiger charge is -2.28. The number of para-hydroxylation sites is 6. The minimum Gasteiger partial charge on any atom is -0.310 e. The second kappa shape index (κ2) is 14.7. The van der Waals surface area contributed by atoms with E-state index in [0.717, 1.165) is 56.7 Å². The second-order valence-corrected chi connectivity index (χ2v) is 15.8. The maximum absolute atomic E-state index is 2.53. The van der Waals surface area contributed by atoms with Gasteiger partial charge in [0.1, 0.15) is 0 Å². The number of hydrogen-bond donors (Lipinski definition) is 0. The van der Waals surface area contributed by atoms with E-state index < -0.39 is 0 Å². The molecule has 0 N–H and O–H groups in total. The molecule has 12 rings (SSSR count). The van der Waals surface area contributed by atoms with Gasteiger partial charge in [0, 0.05) is 72.4 Å². The summed E-state index contributed by atoms with van der Waals surface area (Å²) in [6.07, 6.45) is 0. The topological polar surface area (TPSA) is 14.1 Å². The van der Waals surface area contributed by atoms with Gasteiger partial charge in [0.2, 0.25) is 0 Å². The average molecular weight is 793 g/mol. The molecule has 0 saturated carbocycles. The fourth-order valence-electron chi connectivity index (χ4n) is 9.60. The Hall–Kier alpha value is -8.34. The molecule has 0 aliphatic heterocycles. The third-order valence-corrected chi connectivity index (χ3v) is 12.2. The zero-order chi connectivity index (χ0) is 41.0. The maximum Gasteiger partial charge on any atom is 0.0621 e. The van der Waals surface area contributed by atoms with Crippen LogP contribution in [0, 0.1) is 0 Å². The first-order valence-electron chi connectivity index (χ1n) is 21.2. The monoisotopic (exact) mass is 792 g/mol. The van der Waals surface area contributed by atoms with Gasteiger partial charge in [-0.3, -0.25) is 0 Å². The van der Waals surface area contributed by atoms with Crippen molar-refractivity contribution < 1.29 is 0 Å². The quantitative estimate of drug-likeness (QED) is 0.107. The summed E-state index contributed by atoms with van der Waals surface area (Å²) >= 11 is 0. The molecule has 292 valence electrons. The van der Waals surface area contributed by atoms with Crippen molar-refractivity contribution in [1.29, 1.82) is 0 Å². The van der Waals surface area contributed by atoms with Crippen molar-refractivity contribution in [3.8, 4) is 0 Å². The average Bonchev–Trinajstić information content (AvgIpc) is 3.67. The van der Waals surface area contributed by atoms with E-state index in [2.05, 4.69) is 262 Å². The molecule has 0 amide bonds. The minimum absolute atomic E-state index is 1.09. The van der Waals surface area contributed by atoms with E-state index in [-0.39, 0.29) is 0 Å². The van der Waals surface area contributed by atoms with Crippen molar-refractivity contribution in [2.75, 3.05) is 14.7 Å². The Morgan fingerprint density at radius 2 is 0.661 bits per heavy atom. The molecule has 62 heavy (non-hydrogen) atoms. The molecule has 0 spiro atoms. The molecule has 0 saturated heterocycles. The van der Waals surface area contributed by atoms with Crippen molar-refractivity contribution >= 4 is 100 Å². The van der Waals surface area contributed by atoms with Crippen LogP contribution in [0.4, 0.5) is 51.2 Å². The van der Waals surface area contributed by atoms with Crippen LogP contribution in [0.1, 0.15) is 0 Å². The molecule has 12 aromatic rings. The highest BCUT2D eigenvalue weighted by molar-refractivity contribution is 6.29. The van der Waals surface area contributed by atoms with Crippen LogP contribution in [0.3, 0.4) is 0 Å². The number of anilines is 9. The molecular formula is C58H40N4. The van der Waals surface area contributed by atoms with Crippen molar-refractivity contribution in [2.24, 2.45) is 0 Å². The van der Waals surface area contributed by atoms with Crippen molar-refractivity contribution in [3.05, 3.63) is 243 Å². The molecule has 0 aliphatic carbocycles. The van der Waals surface area contributed by atoms with Gasteiger partial charge in [-0.1, -0.05) is 133 Å². The summed E-state index contributed by atoms with van der Waals surface area (Å²) in [5.74, 6) is 0. The molecule has 0 radical (unpaired) electrons. The second-order valence-electron chi connectivity index (χ2n) is 15.8. The molecule has 2 aromatic heterocycles. The number of pyridine rings is 1. The standard InChI is InChI=1S/C58H40N4/c1-7-20-41(21-8-1)59(42-22-9-2-10-23-42)47-34-35-49-52-38-48(60(43-24-11-3-12-25-43)44-26-13-4-14-27-44)39-53-50-32-19-33-51-54(36-37-55(57(50)51)62(58(52)53)56(49)40-47)61(45-28-15-5-16-29-45)46-30-17-6-18-31-46/h1-40H. The zero-order valence-corrected chi connectivity index (χ0v) is 33.9. The highest BCUT2D eigenvalue weighted by Crippen LogP contribution is 2.49. The predicted molar refractivity (Wildman–Crippen MR) is 263 cm³/mol. The van der Waals surface area contributed by atoms with E-state index in [1.165, 1.54) is 43.4 Å². The molecule has 0 bridgehead atoms. The molecule has 0 aliphatic rings. The van der Waals surface area contributed by atoms with E-state index in [4.69, 9.17) is 0 Å². The third-order valence-electron chi connectivity index (χ3n) is 12.2. The van der Waals surface area contributed by atoms with Gasteiger partial charge in [-0.05, 0) is 115 Å². The van der Waals surface area contributed by atoms with Crippen LogP contribution in [-0.2, 0) is 0 Å². The Morgan fingerprint density at radius 1 is 0.242 bits per heavy atom. The highest BCUT2D eigenvalue weighted by Gasteiger charge is 2.25. The van der Waals surface area contributed by atoms with Gasteiger partial charge in [-0.25, -0.2) is 0 Å². The molecular weight excluding hydrogens is 753 g/mol. The van der Waals surface area contributed by atoms with Crippen molar-refractivity contribution in [3.63, 3.8) is 0 Å². The van der Waals surface area contributed by atoms with Crippen LogP contribution >= 0.6 is 0 Å². The molecule has 0 unspecified atom stereocenters. The summed E-state index contributed by atoms with van der Waals surface area (Å²) in [6.45, 7) is 0. The van der Waals surface area contributed by atoms with E-state index in [1.807, 2.05) is 0 Å². The van der Waals surface area contributed by atoms with Gasteiger partial charge < -0.3 is 19.1 Å². The van der Waals surface area contributed by atoms with Crippen LogP contribution in [0.2, 0.25) is 0 Å². The Morgan fingerprint density at radius 3 is 1.15 bits per heavy atom.